The van der Waals surface area contributed by atoms with Crippen LogP contribution >= 0.6 is 0 Å². The minimum atomic E-state index is -2.06. The summed E-state index contributed by atoms with van der Waals surface area (Å²) in [6, 6.07) is 2.01. The average Bonchev–Trinajstić information content (AvgIpc) is 3.02. The molecule has 0 aliphatic heterocycles. The fourth-order valence-corrected chi connectivity index (χ4v) is 8.22. The minimum absolute atomic E-state index is 0.0894. The quantitative estimate of drug-likeness (QED) is 0.233. The molecule has 0 amide bonds. The zero-order valence-corrected chi connectivity index (χ0v) is 25.5. The predicted octanol–water partition coefficient (Wildman–Crippen LogP) is 4.08. The standard InChI is InChI=1S/C32H43NO8/c1-18(34)41-27(2,3)14-12-23(36)32(9,40)25-21(35)16-29(6)22-11-10-19(28(4,5)26(38)39)20(13-15-33)31(22,8)24(37)17-30(25,29)7/h10,12-14,21-22,25,35,40H,11,16-17H2,1-9H3,(H,38,39)/b14-12+,20-13+/t21-,22+,25+,29+,30-,31+,32+/m1/s1. The molecular formula is C32H43NO8. The molecule has 3 N–H and O–H groups in total. The van der Waals surface area contributed by atoms with Crippen molar-refractivity contribution in [1.82, 2.24) is 0 Å². The lowest BCUT2D eigenvalue weighted by molar-refractivity contribution is -0.171. The number of carbonyl (C=O) groups is 4. The van der Waals surface area contributed by atoms with Gasteiger partial charge in [-0.15, -0.1) is 0 Å². The van der Waals surface area contributed by atoms with E-state index in [1.54, 1.807) is 40.7 Å². The molecule has 0 aromatic rings. The molecule has 3 aliphatic rings. The fourth-order valence-electron chi connectivity index (χ4n) is 8.22. The fraction of sp³-hybridized carbons (Fsp3) is 0.656. The van der Waals surface area contributed by atoms with E-state index in [9.17, 15) is 39.8 Å². The maximum atomic E-state index is 14.2. The largest absolute Gasteiger partial charge is 0.481 e. The number of Topliss-reactive ketones (excluding diaryl/α,β-unsaturated/α-hetero) is 1. The van der Waals surface area contributed by atoms with E-state index in [-0.39, 0.29) is 18.6 Å². The normalized spacial score (nSPS) is 36.1. The van der Waals surface area contributed by atoms with Crippen LogP contribution in [0.25, 0.3) is 0 Å². The number of hydrogen-bond donors (Lipinski definition) is 3. The smallest absolute Gasteiger partial charge is 0.313 e. The van der Waals surface area contributed by atoms with E-state index >= 15 is 0 Å². The van der Waals surface area contributed by atoms with Crippen molar-refractivity contribution < 1.29 is 39.2 Å². The second-order valence-electron chi connectivity index (χ2n) is 14.0. The molecule has 9 heteroatoms. The second kappa shape index (κ2) is 10.0. The Kier molecular flexibility index (Phi) is 7.93. The number of ether oxygens (including phenoxy) is 1. The number of fused-ring (bicyclic) bond motifs is 3. The second-order valence-corrected chi connectivity index (χ2v) is 14.0. The van der Waals surface area contributed by atoms with Crippen LogP contribution in [0.3, 0.4) is 0 Å². The van der Waals surface area contributed by atoms with Gasteiger partial charge in [0, 0.05) is 25.3 Å². The zero-order valence-electron chi connectivity index (χ0n) is 25.5. The van der Waals surface area contributed by atoms with Crippen LogP contribution in [0.1, 0.15) is 81.6 Å². The summed E-state index contributed by atoms with van der Waals surface area (Å²) in [5, 5.41) is 42.9. The van der Waals surface area contributed by atoms with Crippen molar-refractivity contribution in [1.29, 1.82) is 5.26 Å². The molecule has 0 saturated heterocycles. The number of carboxylic acids is 1. The third-order valence-corrected chi connectivity index (χ3v) is 10.6. The van der Waals surface area contributed by atoms with Gasteiger partial charge in [-0.3, -0.25) is 19.2 Å². The highest BCUT2D eigenvalue weighted by Gasteiger charge is 2.73. The van der Waals surface area contributed by atoms with Gasteiger partial charge in [0.25, 0.3) is 0 Å². The van der Waals surface area contributed by atoms with Crippen molar-refractivity contribution in [3.8, 4) is 6.07 Å². The van der Waals surface area contributed by atoms with E-state index in [1.807, 2.05) is 19.9 Å². The highest BCUT2D eigenvalue weighted by molar-refractivity contribution is 5.98. The van der Waals surface area contributed by atoms with Gasteiger partial charge < -0.3 is 20.1 Å². The molecule has 3 aliphatic carbocycles. The van der Waals surface area contributed by atoms with Gasteiger partial charge in [-0.25, -0.2) is 0 Å². The van der Waals surface area contributed by atoms with Gasteiger partial charge in [0.1, 0.15) is 17.0 Å². The summed E-state index contributed by atoms with van der Waals surface area (Å²) in [5.74, 6) is -3.97. The van der Waals surface area contributed by atoms with Crippen molar-refractivity contribution in [3.63, 3.8) is 0 Å². The third kappa shape index (κ3) is 4.79. The zero-order chi connectivity index (χ0) is 31.6. The van der Waals surface area contributed by atoms with Gasteiger partial charge in [0.05, 0.1) is 23.0 Å². The maximum Gasteiger partial charge on any atom is 0.313 e. The number of carbonyl (C=O) groups excluding carboxylic acids is 3. The molecule has 0 aromatic carbocycles. The minimum Gasteiger partial charge on any atom is -0.481 e. The highest BCUT2D eigenvalue weighted by Crippen LogP contribution is 2.73. The molecule has 0 aromatic heterocycles. The Morgan fingerprint density at radius 3 is 2.22 bits per heavy atom. The van der Waals surface area contributed by atoms with Crippen LogP contribution in [0, 0.1) is 44.8 Å². The topological polar surface area (TPSA) is 162 Å². The lowest BCUT2D eigenvalue weighted by Crippen LogP contribution is -2.62. The number of ketones is 2. The first-order valence-electron chi connectivity index (χ1n) is 14.0. The van der Waals surface area contributed by atoms with Crippen molar-refractivity contribution >= 4 is 23.5 Å². The van der Waals surface area contributed by atoms with Gasteiger partial charge >= 0.3 is 11.9 Å². The van der Waals surface area contributed by atoms with Crippen LogP contribution < -0.4 is 0 Å². The first-order valence-corrected chi connectivity index (χ1v) is 14.0. The Bertz CT molecular complexity index is 1310. The number of rotatable bonds is 7. The third-order valence-electron chi connectivity index (χ3n) is 10.6. The van der Waals surface area contributed by atoms with Crippen molar-refractivity contribution in [2.45, 2.75) is 98.9 Å². The molecule has 41 heavy (non-hydrogen) atoms. The van der Waals surface area contributed by atoms with E-state index in [0.29, 0.717) is 17.6 Å². The van der Waals surface area contributed by atoms with Crippen LogP contribution in [-0.4, -0.2) is 56.1 Å². The molecule has 0 bridgehead atoms. The van der Waals surface area contributed by atoms with Crippen LogP contribution in [0.15, 0.2) is 35.5 Å². The number of esters is 1. The molecule has 3 rings (SSSR count). The number of nitrogens with zero attached hydrogens (tertiary/aromatic N) is 1. The van der Waals surface area contributed by atoms with Crippen LogP contribution in [0.4, 0.5) is 0 Å². The summed E-state index contributed by atoms with van der Waals surface area (Å²) < 4.78 is 5.21. The molecule has 0 unspecified atom stereocenters. The Balaban J connectivity index is 2.13. The number of hydrogen-bond acceptors (Lipinski definition) is 8. The van der Waals surface area contributed by atoms with E-state index in [4.69, 9.17) is 4.74 Å². The molecule has 2 fully saturated rings. The molecule has 7 atom stereocenters. The highest BCUT2D eigenvalue weighted by atomic mass is 16.6. The Morgan fingerprint density at radius 2 is 1.71 bits per heavy atom. The van der Waals surface area contributed by atoms with Crippen LogP contribution in [0.2, 0.25) is 0 Å². The SMILES string of the molecule is CC(=O)OC(C)(C)/C=C/C(=O)[C@](C)(O)[C@H]1[C@H](O)C[C@@]2(C)[C@@H]3CC=C(C(C)(C)C(=O)O)/C(=C\C#N)[C@]3(C)C(=O)C[C@]12C. The molecule has 0 radical (unpaired) electrons. The number of carboxylic acid groups (broad SMARTS) is 1. The lowest BCUT2D eigenvalue weighted by Gasteiger charge is -2.61. The van der Waals surface area contributed by atoms with Crippen LogP contribution in [0.5, 0.6) is 0 Å². The summed E-state index contributed by atoms with van der Waals surface area (Å²) in [4.78, 5) is 51.3. The molecule has 0 heterocycles. The number of aliphatic hydroxyl groups excluding tert-OH is 1. The van der Waals surface area contributed by atoms with E-state index in [1.165, 1.54) is 26.0 Å². The first kappa shape index (κ1) is 32.4. The molecule has 9 nitrogen and oxygen atoms in total. The monoisotopic (exact) mass is 569 g/mol. The van der Waals surface area contributed by atoms with Crippen molar-refractivity contribution in [2.24, 2.45) is 33.5 Å². The Morgan fingerprint density at radius 1 is 1.12 bits per heavy atom. The predicted molar refractivity (Wildman–Crippen MR) is 150 cm³/mol. The number of nitriles is 1. The Labute approximate surface area is 242 Å². The van der Waals surface area contributed by atoms with E-state index in [0.717, 1.165) is 6.08 Å². The van der Waals surface area contributed by atoms with Gasteiger partial charge in [-0.2, -0.15) is 5.26 Å². The molecule has 2 saturated carbocycles. The van der Waals surface area contributed by atoms with Gasteiger partial charge in [0.2, 0.25) is 0 Å². The molecular weight excluding hydrogens is 526 g/mol. The average molecular weight is 570 g/mol. The summed E-state index contributed by atoms with van der Waals surface area (Å²) >= 11 is 0. The number of aliphatic carboxylic acids is 1. The Hall–Kier alpha value is -3.09. The van der Waals surface area contributed by atoms with Gasteiger partial charge in [-0.05, 0) is 94.4 Å². The van der Waals surface area contributed by atoms with Crippen molar-refractivity contribution in [3.05, 3.63) is 35.5 Å². The summed E-state index contributed by atoms with van der Waals surface area (Å²) in [5.41, 5.74) is -6.72. The van der Waals surface area contributed by atoms with Crippen molar-refractivity contribution in [2.75, 3.05) is 0 Å². The molecule has 0 spiro atoms. The van der Waals surface area contributed by atoms with Gasteiger partial charge in [0.15, 0.2) is 5.78 Å². The lowest BCUT2D eigenvalue weighted by atomic mass is 9.40. The summed E-state index contributed by atoms with van der Waals surface area (Å²) in [7, 11) is 0. The maximum absolute atomic E-state index is 14.2. The summed E-state index contributed by atoms with van der Waals surface area (Å²) in [6.45, 7) is 14.4. The van der Waals surface area contributed by atoms with Gasteiger partial charge in [-0.1, -0.05) is 19.9 Å². The van der Waals surface area contributed by atoms with E-state index < -0.39 is 68.5 Å². The van der Waals surface area contributed by atoms with E-state index in [2.05, 4.69) is 0 Å². The summed E-state index contributed by atoms with van der Waals surface area (Å²) in [6.07, 6.45) is 4.90. The first-order chi connectivity index (χ1) is 18.5. The number of aliphatic hydroxyl groups is 2. The number of allylic oxidation sites excluding steroid dienone is 3. The molecule has 224 valence electrons. The van der Waals surface area contributed by atoms with Crippen LogP contribution in [-0.2, 0) is 23.9 Å².